The number of guanidine groups is 2. The highest BCUT2D eigenvalue weighted by molar-refractivity contribution is 6.05. The minimum absolute atomic E-state index is 0.255. The minimum Gasteiger partial charge on any atom is -0.487 e. The summed E-state index contributed by atoms with van der Waals surface area (Å²) in [5.74, 6) is 1.38. The number of aromatic nitrogens is 3. The molecule has 1 saturated carbocycles. The van der Waals surface area contributed by atoms with Gasteiger partial charge in [0.15, 0.2) is 0 Å². The van der Waals surface area contributed by atoms with Crippen molar-refractivity contribution in [2.75, 3.05) is 4.90 Å². The van der Waals surface area contributed by atoms with Crippen LogP contribution in [-0.4, -0.2) is 32.6 Å². The van der Waals surface area contributed by atoms with Gasteiger partial charge >= 0.3 is 0 Å². The second kappa shape index (κ2) is 8.93. The standard InChI is InChI=1S/C24H28N8O/c25-22-27-23(26)32(24(28-22)13-5-2-6-14-24)20-9-11-21(12-10-20)33-17-19-16-31(30-29-19)15-18-7-3-1-4-8-18/h1,3-4,7-12,16H,2,5-6,13-15,17H2,(H4,25,26,27,28). The Hall–Kier alpha value is -3.88. The van der Waals surface area contributed by atoms with E-state index in [1.807, 2.05) is 58.2 Å². The van der Waals surface area contributed by atoms with Crippen molar-refractivity contribution >= 4 is 17.6 Å². The Morgan fingerprint density at radius 3 is 2.45 bits per heavy atom. The Morgan fingerprint density at radius 2 is 1.70 bits per heavy atom. The van der Waals surface area contributed by atoms with Crippen molar-refractivity contribution in [2.24, 2.45) is 21.5 Å². The summed E-state index contributed by atoms with van der Waals surface area (Å²) in [6.07, 6.45) is 7.09. The van der Waals surface area contributed by atoms with Crippen LogP contribution in [-0.2, 0) is 13.2 Å². The van der Waals surface area contributed by atoms with Crippen molar-refractivity contribution in [1.82, 2.24) is 15.0 Å². The maximum Gasteiger partial charge on any atom is 0.220 e. The number of hydrogen-bond acceptors (Lipinski definition) is 8. The molecular formula is C24H28N8O. The number of benzene rings is 2. The Morgan fingerprint density at radius 1 is 0.939 bits per heavy atom. The summed E-state index contributed by atoms with van der Waals surface area (Å²) in [6.45, 7) is 1.02. The van der Waals surface area contributed by atoms with E-state index in [-0.39, 0.29) is 5.96 Å². The fraction of sp³-hybridized carbons (Fsp3) is 0.333. The quantitative estimate of drug-likeness (QED) is 0.603. The molecule has 9 heteroatoms. The zero-order chi connectivity index (χ0) is 22.7. The van der Waals surface area contributed by atoms with Crippen LogP contribution in [0.4, 0.5) is 5.69 Å². The van der Waals surface area contributed by atoms with E-state index in [1.54, 1.807) is 0 Å². The highest BCUT2D eigenvalue weighted by Gasteiger charge is 2.42. The van der Waals surface area contributed by atoms with Gasteiger partial charge in [-0.2, -0.15) is 4.99 Å². The van der Waals surface area contributed by atoms with E-state index >= 15 is 0 Å². The maximum atomic E-state index is 6.30. The molecule has 0 unspecified atom stereocenters. The van der Waals surface area contributed by atoms with E-state index in [9.17, 15) is 0 Å². The van der Waals surface area contributed by atoms with Crippen LogP contribution in [0.25, 0.3) is 0 Å². The summed E-state index contributed by atoms with van der Waals surface area (Å²) >= 11 is 0. The molecule has 0 radical (unpaired) electrons. The number of rotatable bonds is 6. The SMILES string of the molecule is NC1=NC2(CCCCC2)N(c2ccc(OCc3cn(Cc4ccccc4)nn3)cc2)C(N)=N1. The van der Waals surface area contributed by atoms with E-state index in [4.69, 9.17) is 21.2 Å². The van der Waals surface area contributed by atoms with E-state index in [0.717, 1.165) is 42.8 Å². The number of ether oxygens (including phenoxy) is 1. The Labute approximate surface area is 192 Å². The zero-order valence-corrected chi connectivity index (χ0v) is 18.5. The molecule has 1 aliphatic carbocycles. The lowest BCUT2D eigenvalue weighted by Crippen LogP contribution is -2.58. The largest absolute Gasteiger partial charge is 0.487 e. The van der Waals surface area contributed by atoms with Gasteiger partial charge in [-0.25, -0.2) is 9.67 Å². The molecule has 0 amide bonds. The highest BCUT2D eigenvalue weighted by atomic mass is 16.5. The number of hydrogen-bond donors (Lipinski definition) is 2. The van der Waals surface area contributed by atoms with Crippen LogP contribution in [0.1, 0.15) is 43.4 Å². The number of anilines is 1. The molecule has 0 bridgehead atoms. The van der Waals surface area contributed by atoms with E-state index in [0.29, 0.717) is 19.1 Å². The normalized spacial score (nSPS) is 17.5. The molecule has 170 valence electrons. The second-order valence-electron chi connectivity index (χ2n) is 8.49. The van der Waals surface area contributed by atoms with Crippen LogP contribution >= 0.6 is 0 Å². The lowest BCUT2D eigenvalue weighted by Gasteiger charge is -2.45. The lowest BCUT2D eigenvalue weighted by atomic mass is 9.87. The van der Waals surface area contributed by atoms with Gasteiger partial charge in [0.05, 0.1) is 12.7 Å². The Bertz CT molecular complexity index is 1150. The van der Waals surface area contributed by atoms with Gasteiger partial charge in [0, 0.05) is 5.69 Å². The first-order valence-electron chi connectivity index (χ1n) is 11.3. The number of nitrogens with two attached hydrogens (primary N) is 2. The topological polar surface area (TPSA) is 120 Å². The van der Waals surface area contributed by atoms with Gasteiger partial charge in [-0.05, 0) is 55.5 Å². The summed E-state index contributed by atoms with van der Waals surface area (Å²) in [4.78, 5) is 11.0. The summed E-state index contributed by atoms with van der Waals surface area (Å²) in [5.41, 5.74) is 14.7. The monoisotopic (exact) mass is 444 g/mol. The van der Waals surface area contributed by atoms with Gasteiger partial charge in [0.25, 0.3) is 0 Å². The van der Waals surface area contributed by atoms with Gasteiger partial charge in [-0.15, -0.1) is 5.10 Å². The molecule has 5 rings (SSSR count). The molecule has 2 aromatic carbocycles. The molecule has 1 spiro atoms. The average molecular weight is 445 g/mol. The van der Waals surface area contributed by atoms with E-state index in [2.05, 4.69) is 27.4 Å². The third kappa shape index (κ3) is 4.52. The first-order valence-corrected chi connectivity index (χ1v) is 11.3. The first-order chi connectivity index (χ1) is 16.1. The molecule has 4 N–H and O–H groups in total. The van der Waals surface area contributed by atoms with Crippen molar-refractivity contribution in [1.29, 1.82) is 0 Å². The van der Waals surface area contributed by atoms with Crippen LogP contribution in [0.15, 0.2) is 70.8 Å². The van der Waals surface area contributed by atoms with Gasteiger partial charge in [0.2, 0.25) is 11.9 Å². The third-order valence-electron chi connectivity index (χ3n) is 6.11. The maximum absolute atomic E-state index is 6.30. The molecule has 1 aliphatic heterocycles. The molecular weight excluding hydrogens is 416 g/mol. The molecule has 1 fully saturated rings. The van der Waals surface area contributed by atoms with Crippen LogP contribution in [0.5, 0.6) is 5.75 Å². The van der Waals surface area contributed by atoms with Gasteiger partial charge in [-0.1, -0.05) is 42.0 Å². The fourth-order valence-electron chi connectivity index (χ4n) is 4.60. The fourth-order valence-corrected chi connectivity index (χ4v) is 4.60. The highest BCUT2D eigenvalue weighted by Crippen LogP contribution is 2.39. The Kier molecular flexibility index (Phi) is 5.68. The van der Waals surface area contributed by atoms with Crippen molar-refractivity contribution in [2.45, 2.75) is 50.9 Å². The van der Waals surface area contributed by atoms with Crippen molar-refractivity contribution < 1.29 is 4.74 Å². The predicted octanol–water partition coefficient (Wildman–Crippen LogP) is 3.02. The third-order valence-corrected chi connectivity index (χ3v) is 6.11. The summed E-state index contributed by atoms with van der Waals surface area (Å²) in [6, 6.07) is 18.0. The minimum atomic E-state index is -0.451. The lowest BCUT2D eigenvalue weighted by molar-refractivity contribution is 0.299. The van der Waals surface area contributed by atoms with Gasteiger partial charge in [-0.3, -0.25) is 4.90 Å². The zero-order valence-electron chi connectivity index (χ0n) is 18.5. The molecule has 0 saturated heterocycles. The molecule has 0 atom stereocenters. The van der Waals surface area contributed by atoms with E-state index in [1.165, 1.54) is 12.0 Å². The van der Waals surface area contributed by atoms with Crippen LogP contribution in [0.2, 0.25) is 0 Å². The second-order valence-corrected chi connectivity index (χ2v) is 8.49. The molecule has 2 heterocycles. The van der Waals surface area contributed by atoms with Gasteiger partial charge in [0.1, 0.15) is 23.7 Å². The van der Waals surface area contributed by atoms with E-state index < -0.39 is 5.66 Å². The Balaban J connectivity index is 1.25. The van der Waals surface area contributed by atoms with Gasteiger partial charge < -0.3 is 16.2 Å². The molecule has 3 aromatic rings. The van der Waals surface area contributed by atoms with Crippen LogP contribution in [0, 0.1) is 0 Å². The molecule has 33 heavy (non-hydrogen) atoms. The van der Waals surface area contributed by atoms with Crippen molar-refractivity contribution in [3.63, 3.8) is 0 Å². The summed E-state index contributed by atoms with van der Waals surface area (Å²) in [5, 5.41) is 8.41. The molecule has 9 nitrogen and oxygen atoms in total. The molecule has 2 aliphatic rings. The molecule has 1 aromatic heterocycles. The van der Waals surface area contributed by atoms with Crippen molar-refractivity contribution in [3.8, 4) is 5.75 Å². The van der Waals surface area contributed by atoms with Crippen LogP contribution < -0.4 is 21.1 Å². The first kappa shape index (κ1) is 21.0. The predicted molar refractivity (Wildman–Crippen MR) is 128 cm³/mol. The smallest absolute Gasteiger partial charge is 0.220 e. The van der Waals surface area contributed by atoms with Crippen molar-refractivity contribution in [3.05, 3.63) is 72.1 Å². The number of nitrogens with zero attached hydrogens (tertiary/aromatic N) is 6. The average Bonchev–Trinajstić information content (AvgIpc) is 3.26. The van der Waals surface area contributed by atoms with Crippen LogP contribution in [0.3, 0.4) is 0 Å². The number of aliphatic imine (C=N–C) groups is 2. The summed E-state index contributed by atoms with van der Waals surface area (Å²) in [7, 11) is 0. The summed E-state index contributed by atoms with van der Waals surface area (Å²) < 4.78 is 7.75.